The average molecular weight is 280 g/mol. The van der Waals surface area contributed by atoms with E-state index in [0.717, 1.165) is 18.7 Å². The number of aromatic nitrogens is 1. The monoisotopic (exact) mass is 280 g/mol. The molecule has 0 aromatic carbocycles. The number of halogens is 1. The summed E-state index contributed by atoms with van der Waals surface area (Å²) in [5.41, 5.74) is 0.166. The van der Waals surface area contributed by atoms with Gasteiger partial charge in [-0.25, -0.2) is 4.39 Å². The molecule has 1 saturated heterocycles. The van der Waals surface area contributed by atoms with Crippen molar-refractivity contribution >= 4 is 5.97 Å². The number of carboxylic acids is 1. The molecular weight excluding hydrogens is 259 g/mol. The van der Waals surface area contributed by atoms with E-state index in [1.807, 2.05) is 13.8 Å². The van der Waals surface area contributed by atoms with Crippen molar-refractivity contribution in [3.05, 3.63) is 29.8 Å². The molecule has 0 saturated carbocycles. The van der Waals surface area contributed by atoms with Crippen molar-refractivity contribution in [2.24, 2.45) is 5.41 Å². The first-order valence-corrected chi connectivity index (χ1v) is 7.11. The third-order valence-electron chi connectivity index (χ3n) is 4.43. The van der Waals surface area contributed by atoms with Crippen LogP contribution >= 0.6 is 0 Å². The topological polar surface area (TPSA) is 53.4 Å². The zero-order valence-corrected chi connectivity index (χ0v) is 12.0. The molecule has 110 valence electrons. The number of aliphatic carboxylic acids is 1. The number of pyridine rings is 1. The van der Waals surface area contributed by atoms with Crippen molar-refractivity contribution < 1.29 is 14.3 Å². The number of hydrogen-bond acceptors (Lipinski definition) is 3. The molecular formula is C15H21FN2O2. The van der Waals surface area contributed by atoms with Gasteiger partial charge >= 0.3 is 5.97 Å². The van der Waals surface area contributed by atoms with E-state index >= 15 is 0 Å². The van der Waals surface area contributed by atoms with Gasteiger partial charge in [0.15, 0.2) is 0 Å². The van der Waals surface area contributed by atoms with Crippen LogP contribution in [0.5, 0.6) is 0 Å². The molecule has 20 heavy (non-hydrogen) atoms. The maximum Gasteiger partial charge on any atom is 0.310 e. The van der Waals surface area contributed by atoms with Gasteiger partial charge in [-0.05, 0) is 37.9 Å². The van der Waals surface area contributed by atoms with Gasteiger partial charge in [-0.2, -0.15) is 0 Å². The van der Waals surface area contributed by atoms with E-state index < -0.39 is 11.4 Å². The fraction of sp³-hybridized carbons (Fsp3) is 0.600. The lowest BCUT2D eigenvalue weighted by atomic mass is 9.84. The molecule has 1 aliphatic heterocycles. The van der Waals surface area contributed by atoms with Crippen LogP contribution in [0.2, 0.25) is 0 Å². The van der Waals surface area contributed by atoms with Crippen LogP contribution in [0.25, 0.3) is 0 Å². The lowest BCUT2D eigenvalue weighted by Crippen LogP contribution is -2.35. The Bertz CT molecular complexity index is 477. The molecule has 1 aromatic heterocycles. The summed E-state index contributed by atoms with van der Waals surface area (Å²) in [5.74, 6) is -1.07. The smallest absolute Gasteiger partial charge is 0.310 e. The normalized spacial score (nSPS) is 24.8. The minimum absolute atomic E-state index is 0.0587. The van der Waals surface area contributed by atoms with Crippen LogP contribution in [0.4, 0.5) is 4.39 Å². The first-order valence-electron chi connectivity index (χ1n) is 7.11. The third-order valence-corrected chi connectivity index (χ3v) is 4.43. The van der Waals surface area contributed by atoms with Gasteiger partial charge < -0.3 is 5.11 Å². The molecule has 5 heteroatoms. The summed E-state index contributed by atoms with van der Waals surface area (Å²) in [6.07, 6.45) is 3.35. The lowest BCUT2D eigenvalue weighted by molar-refractivity contribution is -0.148. The zero-order valence-electron chi connectivity index (χ0n) is 12.0. The molecule has 4 nitrogen and oxygen atoms in total. The predicted octanol–water partition coefficient (Wildman–Crippen LogP) is 2.86. The number of carbonyl (C=O) groups is 1. The van der Waals surface area contributed by atoms with Crippen molar-refractivity contribution in [3.8, 4) is 0 Å². The maximum absolute atomic E-state index is 13.0. The fourth-order valence-electron chi connectivity index (χ4n) is 3.02. The van der Waals surface area contributed by atoms with Crippen LogP contribution in [0.15, 0.2) is 18.3 Å². The molecule has 0 spiro atoms. The SMILES string of the molecule is CCC(c1ccc(F)cn1)N1CCC(CC)(C(=O)O)C1. The molecule has 0 aliphatic carbocycles. The molecule has 2 heterocycles. The largest absolute Gasteiger partial charge is 0.481 e. The van der Waals surface area contributed by atoms with Crippen LogP contribution in [0, 0.1) is 11.2 Å². The van der Waals surface area contributed by atoms with Crippen molar-refractivity contribution in [3.63, 3.8) is 0 Å². The lowest BCUT2D eigenvalue weighted by Gasteiger charge is -2.28. The van der Waals surface area contributed by atoms with Crippen molar-refractivity contribution in [1.29, 1.82) is 0 Å². The standard InChI is InChI=1S/C15H21FN2O2/c1-3-13(12-6-5-11(16)9-17-12)18-8-7-15(4-2,10-18)14(19)20/h5-6,9,13H,3-4,7-8,10H2,1-2H3,(H,19,20). The highest BCUT2D eigenvalue weighted by atomic mass is 19.1. The van der Waals surface area contributed by atoms with Gasteiger partial charge in [-0.1, -0.05) is 13.8 Å². The highest BCUT2D eigenvalue weighted by molar-refractivity contribution is 5.75. The van der Waals surface area contributed by atoms with Gasteiger partial charge in [-0.3, -0.25) is 14.7 Å². The zero-order chi connectivity index (χ0) is 14.8. The number of rotatable bonds is 5. The van der Waals surface area contributed by atoms with E-state index in [4.69, 9.17) is 0 Å². The van der Waals surface area contributed by atoms with Crippen LogP contribution in [0.1, 0.15) is 44.8 Å². The van der Waals surface area contributed by atoms with Crippen LogP contribution in [0.3, 0.4) is 0 Å². The Morgan fingerprint density at radius 1 is 1.55 bits per heavy atom. The van der Waals surface area contributed by atoms with Gasteiger partial charge in [0, 0.05) is 6.54 Å². The second kappa shape index (κ2) is 5.87. The summed E-state index contributed by atoms with van der Waals surface area (Å²) in [6.45, 7) is 5.26. The molecule has 1 fully saturated rings. The van der Waals surface area contributed by atoms with Crippen LogP contribution in [-0.2, 0) is 4.79 Å². The Labute approximate surface area is 118 Å². The molecule has 0 amide bonds. The third kappa shape index (κ3) is 2.68. The molecule has 0 bridgehead atoms. The van der Waals surface area contributed by atoms with E-state index in [9.17, 15) is 14.3 Å². The second-order valence-corrected chi connectivity index (χ2v) is 5.48. The van der Waals surface area contributed by atoms with E-state index in [2.05, 4.69) is 9.88 Å². The average Bonchev–Trinajstić information content (AvgIpc) is 2.87. The van der Waals surface area contributed by atoms with E-state index in [1.54, 1.807) is 6.07 Å². The Hall–Kier alpha value is -1.49. The number of likely N-dealkylation sites (tertiary alicyclic amines) is 1. The highest BCUT2D eigenvalue weighted by Gasteiger charge is 2.45. The van der Waals surface area contributed by atoms with Crippen LogP contribution < -0.4 is 0 Å². The first kappa shape index (κ1) is 14.9. The summed E-state index contributed by atoms with van der Waals surface area (Å²) in [5, 5.41) is 9.45. The Kier molecular flexibility index (Phi) is 4.38. The molecule has 0 radical (unpaired) electrons. The molecule has 1 aliphatic rings. The minimum atomic E-state index is -0.718. The number of carboxylic acid groups (broad SMARTS) is 1. The summed E-state index contributed by atoms with van der Waals surface area (Å²) in [4.78, 5) is 17.8. The molecule has 2 rings (SSSR count). The Balaban J connectivity index is 2.18. The van der Waals surface area contributed by atoms with Gasteiger partial charge in [0.2, 0.25) is 0 Å². The number of nitrogens with zero attached hydrogens (tertiary/aromatic N) is 2. The van der Waals surface area contributed by atoms with Gasteiger partial charge in [-0.15, -0.1) is 0 Å². The second-order valence-electron chi connectivity index (χ2n) is 5.48. The maximum atomic E-state index is 13.0. The summed E-state index contributed by atoms with van der Waals surface area (Å²) < 4.78 is 13.0. The molecule has 1 N–H and O–H groups in total. The van der Waals surface area contributed by atoms with Gasteiger partial charge in [0.05, 0.1) is 23.3 Å². The molecule has 2 atom stereocenters. The summed E-state index contributed by atoms with van der Waals surface area (Å²) in [6, 6.07) is 3.16. The highest BCUT2D eigenvalue weighted by Crippen LogP contribution is 2.38. The van der Waals surface area contributed by atoms with Crippen LogP contribution in [-0.4, -0.2) is 34.0 Å². The molecule has 2 unspecified atom stereocenters. The van der Waals surface area contributed by atoms with E-state index in [-0.39, 0.29) is 11.9 Å². The predicted molar refractivity (Wildman–Crippen MR) is 73.8 cm³/mol. The fourth-order valence-corrected chi connectivity index (χ4v) is 3.02. The summed E-state index contributed by atoms with van der Waals surface area (Å²) >= 11 is 0. The first-order chi connectivity index (χ1) is 9.52. The minimum Gasteiger partial charge on any atom is -0.481 e. The van der Waals surface area contributed by atoms with E-state index in [1.165, 1.54) is 12.3 Å². The van der Waals surface area contributed by atoms with Crippen molar-refractivity contribution in [2.75, 3.05) is 13.1 Å². The quantitative estimate of drug-likeness (QED) is 0.901. The molecule has 1 aromatic rings. The van der Waals surface area contributed by atoms with Gasteiger partial charge in [0.25, 0.3) is 0 Å². The Morgan fingerprint density at radius 2 is 2.30 bits per heavy atom. The van der Waals surface area contributed by atoms with E-state index in [0.29, 0.717) is 19.4 Å². The van der Waals surface area contributed by atoms with Crippen molar-refractivity contribution in [2.45, 2.75) is 39.2 Å². The summed E-state index contributed by atoms with van der Waals surface area (Å²) in [7, 11) is 0. The van der Waals surface area contributed by atoms with Crippen molar-refractivity contribution in [1.82, 2.24) is 9.88 Å². The Morgan fingerprint density at radius 3 is 2.75 bits per heavy atom. The number of hydrogen-bond donors (Lipinski definition) is 1. The van der Waals surface area contributed by atoms with Gasteiger partial charge in [0.1, 0.15) is 5.82 Å².